The Morgan fingerprint density at radius 3 is 1.45 bits per heavy atom. The van der Waals surface area contributed by atoms with Gasteiger partial charge in [-0.25, -0.2) is 0 Å². The lowest BCUT2D eigenvalue weighted by atomic mass is 9.33. The number of aryl methyl sites for hydroxylation is 3. The molecule has 0 atom stereocenters. The zero-order valence-electron chi connectivity index (χ0n) is 56.8. The van der Waals surface area contributed by atoms with Gasteiger partial charge in [-0.15, -0.1) is 0 Å². The van der Waals surface area contributed by atoms with Crippen molar-refractivity contribution in [2.45, 2.75) is 252 Å². The molecule has 0 saturated heterocycles. The molecule has 0 bridgehead atoms. The lowest BCUT2D eigenvalue weighted by Crippen LogP contribution is -2.62. The Morgan fingerprint density at radius 1 is 0.453 bits per heavy atom. The van der Waals surface area contributed by atoms with Crippen LogP contribution in [-0.4, -0.2) is 13.3 Å². The fourth-order valence-corrected chi connectivity index (χ4v) is 17.5. The smallest absolute Gasteiger partial charge is 0.252 e. The van der Waals surface area contributed by atoms with Crippen LogP contribution in [0.4, 0.5) is 45.5 Å². The summed E-state index contributed by atoms with van der Waals surface area (Å²) in [5.74, 6) is 0. The molecule has 0 aromatic heterocycles. The minimum absolute atomic E-state index is 0.00771. The minimum Gasteiger partial charge on any atom is -0.342 e. The van der Waals surface area contributed by atoms with E-state index in [1.54, 1.807) is 5.56 Å². The van der Waals surface area contributed by atoms with Gasteiger partial charge in [0.15, 0.2) is 0 Å². The van der Waals surface area contributed by atoms with Gasteiger partial charge >= 0.3 is 0 Å². The van der Waals surface area contributed by atoms with Crippen LogP contribution >= 0.6 is 0 Å². The van der Waals surface area contributed by atoms with E-state index in [9.17, 15) is 0 Å². The molecule has 0 radical (unpaired) electrons. The molecule has 1 saturated carbocycles. The van der Waals surface area contributed by atoms with Crippen molar-refractivity contribution in [2.75, 3.05) is 21.2 Å². The van der Waals surface area contributed by atoms with Gasteiger partial charge in [0.2, 0.25) is 0 Å². The summed E-state index contributed by atoms with van der Waals surface area (Å²) >= 11 is 0. The average Bonchev–Trinajstić information content (AvgIpc) is 0.700. The number of nitrogens with zero attached hydrogens (tertiary/aromatic N) is 3. The van der Waals surface area contributed by atoms with Crippen LogP contribution in [-0.2, 0) is 43.3 Å². The van der Waals surface area contributed by atoms with Gasteiger partial charge < -0.3 is 14.7 Å². The van der Waals surface area contributed by atoms with Gasteiger partial charge in [0, 0.05) is 51.9 Å². The van der Waals surface area contributed by atoms with Crippen LogP contribution in [0.15, 0.2) is 109 Å². The second-order valence-corrected chi connectivity index (χ2v) is 33.6. The number of fused-ring (bicyclic) bond motifs is 7. The molecular weight excluding hydrogens is 1040 g/mol. The van der Waals surface area contributed by atoms with Crippen LogP contribution in [0.5, 0.6) is 0 Å². The summed E-state index contributed by atoms with van der Waals surface area (Å²) in [7, 11) is 0. The third-order valence-corrected chi connectivity index (χ3v) is 23.6. The summed E-state index contributed by atoms with van der Waals surface area (Å²) < 4.78 is 0. The second-order valence-electron chi connectivity index (χ2n) is 33.6. The molecule has 4 heteroatoms. The molecule has 7 aromatic rings. The van der Waals surface area contributed by atoms with Crippen molar-refractivity contribution in [1.29, 1.82) is 0 Å². The predicted molar refractivity (Wildman–Crippen MR) is 374 cm³/mol. The quantitative estimate of drug-likeness (QED) is 0.147. The zero-order valence-corrected chi connectivity index (χ0v) is 56.8. The number of benzene rings is 7. The fourth-order valence-electron chi connectivity index (χ4n) is 17.5. The molecule has 7 aromatic carbocycles. The van der Waals surface area contributed by atoms with Crippen LogP contribution < -0.4 is 31.1 Å². The highest BCUT2D eigenvalue weighted by Crippen LogP contribution is 2.57. The van der Waals surface area contributed by atoms with E-state index in [2.05, 4.69) is 262 Å². The highest BCUT2D eigenvalue weighted by Gasteiger charge is 2.49. The minimum atomic E-state index is -0.0442. The van der Waals surface area contributed by atoms with E-state index in [1.807, 2.05) is 0 Å². The van der Waals surface area contributed by atoms with E-state index in [0.717, 1.165) is 19.4 Å². The Kier molecular flexibility index (Phi) is 13.5. The third-order valence-electron chi connectivity index (χ3n) is 23.6. The normalized spacial score (nSPS) is 20.4. The summed E-state index contributed by atoms with van der Waals surface area (Å²) in [6, 6.07) is 45.6. The standard InChI is InChI=1S/C82H102BN3/c1-21-84-71-40-51(2)41-72-73(71)83(66-45-55(75(5,6)7)44-64(74(66)84)82(20)32-26-23-27-33-82)65-31-30-56(46-70(65)86(72)69-50-63-60(78(12,13)36-39-81(63,18)19)47-57(69)54-28-24-22-25-29-54)85(67-48-61-58(42-52(67)3)76(8,9)34-37-79(61,14)15)68-49-62-59(43-53(68)4)77(10,11)35-38-80(62,16)17/h22,24-25,28-31,40-50H,21,23,26-27,32-39H2,1-20H3. The molecule has 3 nitrogen and oxygen atoms in total. The van der Waals surface area contributed by atoms with E-state index in [-0.39, 0.29) is 50.0 Å². The number of anilines is 8. The summed E-state index contributed by atoms with van der Waals surface area (Å²) in [4.78, 5) is 8.31. The van der Waals surface area contributed by atoms with E-state index < -0.39 is 0 Å². The molecular formula is C82H102BN3. The molecule has 0 spiro atoms. The van der Waals surface area contributed by atoms with Crippen LogP contribution in [0.3, 0.4) is 0 Å². The van der Waals surface area contributed by atoms with Gasteiger partial charge in [0.25, 0.3) is 6.71 Å². The van der Waals surface area contributed by atoms with Gasteiger partial charge in [-0.05, 0) is 254 Å². The molecule has 0 unspecified atom stereocenters. The molecule has 0 amide bonds. The van der Waals surface area contributed by atoms with Gasteiger partial charge in [-0.2, -0.15) is 0 Å². The summed E-state index contributed by atoms with van der Waals surface area (Å²) in [5.41, 5.74) is 33.6. The fraction of sp³-hybridized carbons (Fsp3) is 0.488. The molecule has 2 heterocycles. The monoisotopic (exact) mass is 1140 g/mol. The predicted octanol–water partition coefficient (Wildman–Crippen LogP) is 21.1. The van der Waals surface area contributed by atoms with Crippen molar-refractivity contribution in [3.05, 3.63) is 170 Å². The first-order valence-corrected chi connectivity index (χ1v) is 33.7. The first-order valence-electron chi connectivity index (χ1n) is 33.7. The van der Waals surface area contributed by atoms with Crippen molar-refractivity contribution < 1.29 is 0 Å². The number of hydrogen-bond acceptors (Lipinski definition) is 3. The first-order chi connectivity index (χ1) is 40.3. The molecule has 2 aliphatic heterocycles. The highest BCUT2D eigenvalue weighted by atomic mass is 15.2. The van der Waals surface area contributed by atoms with E-state index >= 15 is 0 Å². The third kappa shape index (κ3) is 9.22. The molecule has 4 aliphatic carbocycles. The maximum Gasteiger partial charge on any atom is 0.252 e. The Morgan fingerprint density at radius 2 is 0.942 bits per heavy atom. The van der Waals surface area contributed by atoms with Gasteiger partial charge in [-0.1, -0.05) is 191 Å². The molecule has 13 rings (SSSR count). The van der Waals surface area contributed by atoms with Crippen molar-refractivity contribution in [3.63, 3.8) is 0 Å². The van der Waals surface area contributed by atoms with Gasteiger partial charge in [0.1, 0.15) is 0 Å². The van der Waals surface area contributed by atoms with Crippen LogP contribution in [0.1, 0.15) is 250 Å². The Balaban J connectivity index is 1.18. The maximum absolute atomic E-state index is 2.80. The molecule has 0 N–H and O–H groups in total. The van der Waals surface area contributed by atoms with Crippen molar-refractivity contribution in [2.24, 2.45) is 0 Å². The van der Waals surface area contributed by atoms with Crippen molar-refractivity contribution in [1.82, 2.24) is 0 Å². The zero-order chi connectivity index (χ0) is 61.4. The first kappa shape index (κ1) is 59.0. The second kappa shape index (κ2) is 19.8. The van der Waals surface area contributed by atoms with Crippen LogP contribution in [0, 0.1) is 20.8 Å². The number of rotatable bonds is 7. The van der Waals surface area contributed by atoms with Gasteiger partial charge in [-0.3, -0.25) is 0 Å². The maximum atomic E-state index is 2.80. The van der Waals surface area contributed by atoms with Crippen molar-refractivity contribution >= 4 is 68.6 Å². The number of hydrogen-bond donors (Lipinski definition) is 0. The van der Waals surface area contributed by atoms with E-state index in [0.29, 0.717) is 0 Å². The SMILES string of the molecule is CCN1c2cc(C)cc3c2B(c2ccc(N(c4cc5c(cc4C)C(C)(C)CCC5(C)C)c4cc5c(cc4C)C(C)(C)CCC5(C)C)cc2N3c2cc3c(cc2-c2ccccc2)C(C)(C)CCC3(C)C)c2cc(C(C)(C)C)cc(C3(C)CCCCC3)c21. The van der Waals surface area contributed by atoms with Crippen molar-refractivity contribution in [3.8, 4) is 11.1 Å². The molecule has 1 fully saturated rings. The lowest BCUT2D eigenvalue weighted by Gasteiger charge is -2.48. The largest absolute Gasteiger partial charge is 0.342 e. The Labute approximate surface area is 520 Å². The lowest BCUT2D eigenvalue weighted by molar-refractivity contribution is 0.319. The Bertz CT molecular complexity index is 3820. The van der Waals surface area contributed by atoms with Crippen LogP contribution in [0.25, 0.3) is 11.1 Å². The molecule has 448 valence electrons. The Hall–Kier alpha value is -6.00. The van der Waals surface area contributed by atoms with Crippen LogP contribution in [0.2, 0.25) is 0 Å². The topological polar surface area (TPSA) is 9.72 Å². The summed E-state index contributed by atoms with van der Waals surface area (Å²) in [5, 5.41) is 0. The van der Waals surface area contributed by atoms with E-state index in [4.69, 9.17) is 0 Å². The molecule has 86 heavy (non-hydrogen) atoms. The summed E-state index contributed by atoms with van der Waals surface area (Å²) in [6.45, 7) is 50.4. The highest BCUT2D eigenvalue weighted by molar-refractivity contribution is 7.00. The average molecular weight is 1140 g/mol. The molecule has 6 aliphatic rings. The van der Waals surface area contributed by atoms with Gasteiger partial charge in [0.05, 0.1) is 5.69 Å². The summed E-state index contributed by atoms with van der Waals surface area (Å²) in [6.07, 6.45) is 13.4. The van der Waals surface area contributed by atoms with E-state index in [1.165, 1.54) is 186 Å².